The van der Waals surface area contributed by atoms with E-state index in [-0.39, 0.29) is 12.5 Å². The van der Waals surface area contributed by atoms with Crippen molar-refractivity contribution in [3.8, 4) is 22.7 Å². The number of hydrogen-bond donors (Lipinski definition) is 2. The van der Waals surface area contributed by atoms with Gasteiger partial charge in [-0.3, -0.25) is 14.7 Å². The second-order valence-corrected chi connectivity index (χ2v) is 6.68. The molecule has 3 rings (SSSR count). The van der Waals surface area contributed by atoms with Crippen LogP contribution in [0, 0.1) is 0 Å². The van der Waals surface area contributed by atoms with E-state index in [0.717, 1.165) is 22.7 Å². The summed E-state index contributed by atoms with van der Waals surface area (Å²) in [4.78, 5) is 17.0. The van der Waals surface area contributed by atoms with Crippen LogP contribution in [0.15, 0.2) is 54.7 Å². The highest BCUT2D eigenvalue weighted by Gasteiger charge is 2.14. The minimum atomic E-state index is -0.191. The average molecular weight is 415 g/mol. The van der Waals surface area contributed by atoms with E-state index in [4.69, 9.17) is 21.1 Å². The molecule has 0 aliphatic carbocycles. The fourth-order valence-corrected chi connectivity index (χ4v) is 2.84. The fourth-order valence-electron chi connectivity index (χ4n) is 2.71. The minimum Gasteiger partial charge on any atom is -0.497 e. The summed E-state index contributed by atoms with van der Waals surface area (Å²) in [6.07, 6.45) is 1.87. The fraction of sp³-hybridized carbons (Fsp3) is 0.238. The topological polar surface area (TPSA) is 77.4 Å². The molecule has 2 N–H and O–H groups in total. The predicted octanol–water partition coefficient (Wildman–Crippen LogP) is 3.38. The number of benzene rings is 2. The number of methoxy groups -OCH3 is 2. The third kappa shape index (κ3) is 5.57. The van der Waals surface area contributed by atoms with Gasteiger partial charge in [0, 0.05) is 36.1 Å². The molecule has 0 unspecified atom stereocenters. The van der Waals surface area contributed by atoms with Crippen molar-refractivity contribution in [2.45, 2.75) is 0 Å². The molecule has 0 bridgehead atoms. The third-order valence-corrected chi connectivity index (χ3v) is 4.47. The van der Waals surface area contributed by atoms with Crippen LogP contribution >= 0.6 is 11.6 Å². The van der Waals surface area contributed by atoms with Crippen molar-refractivity contribution in [2.75, 3.05) is 39.2 Å². The largest absolute Gasteiger partial charge is 0.497 e. The molecule has 0 saturated carbocycles. The summed E-state index contributed by atoms with van der Waals surface area (Å²) in [5.74, 6) is 0.988. The predicted molar refractivity (Wildman–Crippen MR) is 114 cm³/mol. The Labute approximate surface area is 174 Å². The lowest BCUT2D eigenvalue weighted by Crippen LogP contribution is -2.31. The Hall–Kier alpha value is -2.87. The summed E-state index contributed by atoms with van der Waals surface area (Å²) < 4.78 is 12.0. The van der Waals surface area contributed by atoms with Crippen molar-refractivity contribution < 1.29 is 14.3 Å². The van der Waals surface area contributed by atoms with E-state index in [1.54, 1.807) is 26.4 Å². The summed E-state index contributed by atoms with van der Waals surface area (Å²) in [6, 6.07) is 14.9. The Balaban J connectivity index is 1.87. The first-order valence-corrected chi connectivity index (χ1v) is 9.48. The third-order valence-electron chi connectivity index (χ3n) is 4.22. The molecule has 3 aromatic rings. The van der Waals surface area contributed by atoms with E-state index in [1.165, 1.54) is 0 Å². The Kier molecular flexibility index (Phi) is 7.24. The van der Waals surface area contributed by atoms with E-state index in [0.29, 0.717) is 24.1 Å². The maximum atomic E-state index is 12.3. The minimum absolute atomic E-state index is 0.162. The van der Waals surface area contributed by atoms with Crippen molar-refractivity contribution in [1.29, 1.82) is 0 Å². The quantitative estimate of drug-likeness (QED) is 0.525. The average Bonchev–Trinajstić information content (AvgIpc) is 3.15. The van der Waals surface area contributed by atoms with Gasteiger partial charge in [0.2, 0.25) is 11.9 Å². The highest BCUT2D eigenvalue weighted by atomic mass is 35.5. The van der Waals surface area contributed by atoms with Crippen LogP contribution < -0.4 is 15.4 Å². The van der Waals surface area contributed by atoms with Gasteiger partial charge < -0.3 is 14.8 Å². The highest BCUT2D eigenvalue weighted by Crippen LogP contribution is 2.26. The van der Waals surface area contributed by atoms with Gasteiger partial charge in [-0.15, -0.1) is 0 Å². The zero-order valence-electron chi connectivity index (χ0n) is 16.3. The summed E-state index contributed by atoms with van der Waals surface area (Å²) in [7, 11) is 3.23. The van der Waals surface area contributed by atoms with Crippen LogP contribution in [0.25, 0.3) is 16.9 Å². The Morgan fingerprint density at radius 2 is 1.83 bits per heavy atom. The smallest absolute Gasteiger partial charge is 0.240 e. The van der Waals surface area contributed by atoms with Gasteiger partial charge >= 0.3 is 0 Å². The van der Waals surface area contributed by atoms with Crippen molar-refractivity contribution in [3.05, 3.63) is 59.8 Å². The lowest BCUT2D eigenvalue weighted by atomic mass is 10.2. The van der Waals surface area contributed by atoms with Gasteiger partial charge in [0.25, 0.3) is 0 Å². The van der Waals surface area contributed by atoms with E-state index in [2.05, 4.69) is 15.6 Å². The van der Waals surface area contributed by atoms with Gasteiger partial charge in [0.1, 0.15) is 5.75 Å². The molecule has 0 saturated heterocycles. The number of rotatable bonds is 9. The Bertz CT molecular complexity index is 940. The molecule has 1 heterocycles. The molecule has 8 heteroatoms. The summed E-state index contributed by atoms with van der Waals surface area (Å²) >= 11 is 5.99. The number of ether oxygens (including phenoxy) is 2. The Morgan fingerprint density at radius 1 is 1.10 bits per heavy atom. The first-order valence-electron chi connectivity index (χ1n) is 9.10. The molecule has 0 aliphatic rings. The number of imidazole rings is 1. The second-order valence-electron chi connectivity index (χ2n) is 6.24. The van der Waals surface area contributed by atoms with Gasteiger partial charge in [0.05, 0.1) is 26.0 Å². The molecule has 0 fully saturated rings. The molecule has 0 aliphatic heterocycles. The van der Waals surface area contributed by atoms with E-state index >= 15 is 0 Å². The highest BCUT2D eigenvalue weighted by molar-refractivity contribution is 6.30. The number of carbonyl (C=O) groups excluding carboxylic acids is 1. The number of aromatic nitrogens is 2. The normalized spacial score (nSPS) is 10.7. The van der Waals surface area contributed by atoms with Gasteiger partial charge in [-0.05, 0) is 36.4 Å². The molecule has 0 spiro atoms. The van der Waals surface area contributed by atoms with Crippen molar-refractivity contribution >= 4 is 23.5 Å². The van der Waals surface area contributed by atoms with Crippen LogP contribution in [0.1, 0.15) is 0 Å². The maximum Gasteiger partial charge on any atom is 0.240 e. The van der Waals surface area contributed by atoms with E-state index in [9.17, 15) is 4.79 Å². The number of amides is 1. The number of anilines is 1. The first kappa shape index (κ1) is 20.9. The van der Waals surface area contributed by atoms with Crippen molar-refractivity contribution in [2.24, 2.45) is 0 Å². The second kappa shape index (κ2) is 10.1. The number of halogens is 1. The van der Waals surface area contributed by atoms with E-state index in [1.807, 2.05) is 47.2 Å². The number of hydrogen-bond acceptors (Lipinski definition) is 5. The molecule has 0 atom stereocenters. The van der Waals surface area contributed by atoms with Crippen LogP contribution in [0.4, 0.5) is 5.95 Å². The lowest BCUT2D eigenvalue weighted by molar-refractivity contribution is -0.115. The van der Waals surface area contributed by atoms with Crippen LogP contribution in [0.2, 0.25) is 5.02 Å². The van der Waals surface area contributed by atoms with E-state index < -0.39 is 0 Å². The van der Waals surface area contributed by atoms with Crippen LogP contribution in [0.5, 0.6) is 5.75 Å². The number of nitrogens with zero attached hydrogens (tertiary/aromatic N) is 2. The standard InChI is InChI=1S/C21H23ClN4O3/c1-28-12-11-23-13-20(27)25-21-24-19(15-3-5-16(22)6-4-15)14-26(21)17-7-9-18(29-2)10-8-17/h3-10,14,23H,11-13H2,1-2H3,(H,24,25,27). The summed E-state index contributed by atoms with van der Waals surface area (Å²) in [5.41, 5.74) is 2.47. The van der Waals surface area contributed by atoms with Crippen LogP contribution in [0.3, 0.4) is 0 Å². The number of nitrogens with one attached hydrogen (secondary N) is 2. The molecule has 152 valence electrons. The zero-order chi connectivity index (χ0) is 20.6. The van der Waals surface area contributed by atoms with Crippen molar-refractivity contribution in [1.82, 2.24) is 14.9 Å². The zero-order valence-corrected chi connectivity index (χ0v) is 17.1. The molecular formula is C21H23ClN4O3. The number of carbonyl (C=O) groups is 1. The molecule has 0 radical (unpaired) electrons. The van der Waals surface area contributed by atoms with Crippen LogP contribution in [-0.4, -0.2) is 49.4 Å². The molecule has 29 heavy (non-hydrogen) atoms. The first-order chi connectivity index (χ1) is 14.1. The monoisotopic (exact) mass is 414 g/mol. The lowest BCUT2D eigenvalue weighted by Gasteiger charge is -2.10. The molecule has 2 aromatic carbocycles. The van der Waals surface area contributed by atoms with Crippen LogP contribution in [-0.2, 0) is 9.53 Å². The van der Waals surface area contributed by atoms with Gasteiger partial charge in [-0.2, -0.15) is 0 Å². The Morgan fingerprint density at radius 3 is 2.48 bits per heavy atom. The van der Waals surface area contributed by atoms with Gasteiger partial charge in [0.15, 0.2) is 0 Å². The maximum absolute atomic E-state index is 12.3. The molecular weight excluding hydrogens is 392 g/mol. The van der Waals surface area contributed by atoms with Gasteiger partial charge in [-0.25, -0.2) is 4.98 Å². The SMILES string of the molecule is COCCNCC(=O)Nc1nc(-c2ccc(Cl)cc2)cn1-c1ccc(OC)cc1. The van der Waals surface area contributed by atoms with Gasteiger partial charge in [-0.1, -0.05) is 23.7 Å². The summed E-state index contributed by atoms with van der Waals surface area (Å²) in [5, 5.41) is 6.54. The molecule has 1 aromatic heterocycles. The molecule has 1 amide bonds. The van der Waals surface area contributed by atoms with Crippen molar-refractivity contribution in [3.63, 3.8) is 0 Å². The molecule has 7 nitrogen and oxygen atoms in total. The summed E-state index contributed by atoms with van der Waals surface area (Å²) in [6.45, 7) is 1.29.